The molecule has 2 aromatic rings. The summed E-state index contributed by atoms with van der Waals surface area (Å²) in [6.45, 7) is 0.329. The lowest BCUT2D eigenvalue weighted by molar-refractivity contribution is -0.147. The molecule has 1 aromatic carbocycles. The van der Waals surface area contributed by atoms with Crippen molar-refractivity contribution in [2.75, 3.05) is 7.05 Å². The van der Waals surface area contributed by atoms with Gasteiger partial charge in [-0.05, 0) is 19.0 Å². The van der Waals surface area contributed by atoms with Gasteiger partial charge in [-0.1, -0.05) is 30.3 Å². The van der Waals surface area contributed by atoms with Gasteiger partial charge >= 0.3 is 12.4 Å². The van der Waals surface area contributed by atoms with Gasteiger partial charge in [0.2, 0.25) is 0 Å². The maximum atomic E-state index is 12.9. The lowest BCUT2D eigenvalue weighted by atomic mass is 10.0. The zero-order chi connectivity index (χ0) is 20.1. The largest absolute Gasteiger partial charge is 0.419 e. The van der Waals surface area contributed by atoms with Crippen LogP contribution in [0.4, 0.5) is 26.3 Å². The fraction of sp³-hybridized carbons (Fsp3) is 0.444. The maximum absolute atomic E-state index is 12.9. The van der Waals surface area contributed by atoms with E-state index in [9.17, 15) is 26.3 Å². The first-order chi connectivity index (χ1) is 12.5. The Kier molecular flexibility index (Phi) is 6.80. The smallest absolute Gasteiger partial charge is 0.299 e. The molecule has 1 aromatic heterocycles. The summed E-state index contributed by atoms with van der Waals surface area (Å²) in [4.78, 5) is 8.84. The van der Waals surface area contributed by atoms with E-state index in [0.29, 0.717) is 18.9 Å². The minimum Gasteiger partial charge on any atom is -0.299 e. The van der Waals surface area contributed by atoms with Crippen molar-refractivity contribution in [3.63, 3.8) is 0 Å². The Bertz CT molecular complexity index is 698. The molecule has 0 fully saturated rings. The van der Waals surface area contributed by atoms with E-state index in [1.807, 2.05) is 18.2 Å². The summed E-state index contributed by atoms with van der Waals surface area (Å²) >= 11 is 0. The molecular weight excluding hydrogens is 372 g/mol. The third kappa shape index (κ3) is 7.16. The molecule has 0 N–H and O–H groups in total. The van der Waals surface area contributed by atoms with Crippen LogP contribution in [0.3, 0.4) is 0 Å². The monoisotopic (exact) mass is 391 g/mol. The van der Waals surface area contributed by atoms with Crippen LogP contribution in [0.5, 0.6) is 0 Å². The average molecular weight is 391 g/mol. The highest BCUT2D eigenvalue weighted by Gasteiger charge is 2.34. The Balaban J connectivity index is 2.03. The van der Waals surface area contributed by atoms with Gasteiger partial charge in [0.25, 0.3) is 0 Å². The van der Waals surface area contributed by atoms with Gasteiger partial charge in [0.1, 0.15) is 5.82 Å². The van der Waals surface area contributed by atoms with Crippen molar-refractivity contribution in [1.82, 2.24) is 14.9 Å². The van der Waals surface area contributed by atoms with Gasteiger partial charge in [-0.25, -0.2) is 9.97 Å². The van der Waals surface area contributed by atoms with Crippen molar-refractivity contribution < 1.29 is 26.3 Å². The summed E-state index contributed by atoms with van der Waals surface area (Å²) in [5, 5.41) is 0. The molecule has 1 heterocycles. The second-order valence-corrected chi connectivity index (χ2v) is 6.30. The van der Waals surface area contributed by atoms with E-state index in [-0.39, 0.29) is 18.7 Å². The van der Waals surface area contributed by atoms with Crippen LogP contribution in [0.2, 0.25) is 0 Å². The van der Waals surface area contributed by atoms with E-state index in [1.165, 1.54) is 0 Å². The molecule has 0 amide bonds. The van der Waals surface area contributed by atoms with Crippen molar-refractivity contribution in [3.05, 3.63) is 59.7 Å². The van der Waals surface area contributed by atoms with Gasteiger partial charge in [0.15, 0.2) is 0 Å². The van der Waals surface area contributed by atoms with Crippen molar-refractivity contribution in [1.29, 1.82) is 0 Å². The van der Waals surface area contributed by atoms with Crippen LogP contribution in [0, 0.1) is 0 Å². The number of hydrogen-bond donors (Lipinski definition) is 0. The molecule has 0 unspecified atom stereocenters. The molecule has 0 radical (unpaired) electrons. The van der Waals surface area contributed by atoms with Gasteiger partial charge in [0, 0.05) is 31.4 Å². The van der Waals surface area contributed by atoms with Gasteiger partial charge in [-0.15, -0.1) is 0 Å². The van der Waals surface area contributed by atoms with Gasteiger partial charge in [0.05, 0.1) is 12.0 Å². The van der Waals surface area contributed by atoms with Crippen molar-refractivity contribution in [2.24, 2.45) is 0 Å². The highest BCUT2D eigenvalue weighted by molar-refractivity contribution is 5.14. The van der Waals surface area contributed by atoms with Crippen molar-refractivity contribution >= 4 is 0 Å². The number of alkyl halides is 6. The Morgan fingerprint density at radius 1 is 0.963 bits per heavy atom. The Morgan fingerprint density at radius 2 is 1.56 bits per heavy atom. The topological polar surface area (TPSA) is 29.0 Å². The lowest BCUT2D eigenvalue weighted by Gasteiger charge is -2.29. The second-order valence-electron chi connectivity index (χ2n) is 6.30. The summed E-state index contributed by atoms with van der Waals surface area (Å²) < 4.78 is 76.4. The van der Waals surface area contributed by atoms with E-state index < -0.39 is 30.4 Å². The first-order valence-corrected chi connectivity index (χ1v) is 8.23. The Morgan fingerprint density at radius 3 is 2.07 bits per heavy atom. The molecule has 0 bridgehead atoms. The highest BCUT2D eigenvalue weighted by Crippen LogP contribution is 2.29. The van der Waals surface area contributed by atoms with Crippen molar-refractivity contribution in [2.45, 2.75) is 44.2 Å². The molecule has 0 aliphatic heterocycles. The van der Waals surface area contributed by atoms with E-state index in [4.69, 9.17) is 0 Å². The molecule has 9 heteroatoms. The van der Waals surface area contributed by atoms with E-state index in [0.717, 1.165) is 5.56 Å². The average Bonchev–Trinajstić information content (AvgIpc) is 2.58. The molecule has 0 spiro atoms. The number of aryl methyl sites for hydroxylation is 1. The molecule has 2 rings (SSSR count). The van der Waals surface area contributed by atoms with Crippen LogP contribution in [-0.2, 0) is 19.1 Å². The maximum Gasteiger partial charge on any atom is 0.419 e. The SMILES string of the molecule is CN(Cc1ccccc1)[C@H](CCc1ncc(C(F)(F)F)cn1)CC(F)(F)F. The quantitative estimate of drug-likeness (QED) is 0.630. The standard InChI is InChI=1S/C18H19F6N3/c1-27(12-13-5-3-2-4-6-13)15(9-17(19,20)21)7-8-16-25-10-14(11-26-16)18(22,23)24/h2-6,10-11,15H,7-9,12H2,1H3/t15-/m1/s1. The van der Waals surface area contributed by atoms with E-state index in [2.05, 4.69) is 9.97 Å². The number of nitrogens with zero attached hydrogens (tertiary/aromatic N) is 3. The molecule has 1 atom stereocenters. The third-order valence-corrected chi connectivity index (χ3v) is 4.10. The molecule has 0 saturated heterocycles. The van der Waals surface area contributed by atoms with Gasteiger partial charge in [-0.3, -0.25) is 4.90 Å². The highest BCUT2D eigenvalue weighted by atomic mass is 19.4. The predicted octanol–water partition coefficient (Wildman–Crippen LogP) is 4.88. The van der Waals surface area contributed by atoms with Gasteiger partial charge < -0.3 is 0 Å². The number of halogens is 6. The Hall–Kier alpha value is -2.16. The molecule has 3 nitrogen and oxygen atoms in total. The first kappa shape index (κ1) is 21.1. The molecule has 0 aliphatic rings. The molecule has 148 valence electrons. The van der Waals surface area contributed by atoms with Crippen molar-refractivity contribution in [3.8, 4) is 0 Å². The number of aromatic nitrogens is 2. The zero-order valence-corrected chi connectivity index (χ0v) is 14.6. The third-order valence-electron chi connectivity index (χ3n) is 4.10. The van der Waals surface area contributed by atoms with E-state index in [1.54, 1.807) is 24.1 Å². The zero-order valence-electron chi connectivity index (χ0n) is 14.6. The summed E-state index contributed by atoms with van der Waals surface area (Å²) in [6.07, 6.45) is -8.49. The fourth-order valence-corrected chi connectivity index (χ4v) is 2.67. The van der Waals surface area contributed by atoms with Crippen LogP contribution in [0.15, 0.2) is 42.7 Å². The predicted molar refractivity (Wildman–Crippen MR) is 87.7 cm³/mol. The molecule has 0 saturated carbocycles. The summed E-state index contributed by atoms with van der Waals surface area (Å²) in [5.41, 5.74) is -0.114. The van der Waals surface area contributed by atoms with Crippen LogP contribution in [-0.4, -0.2) is 34.1 Å². The normalized spacial score (nSPS) is 13.8. The summed E-state index contributed by atoms with van der Waals surface area (Å²) in [6, 6.07) is 8.23. The summed E-state index contributed by atoms with van der Waals surface area (Å²) in [7, 11) is 1.59. The number of benzene rings is 1. The molecule has 0 aliphatic carbocycles. The van der Waals surface area contributed by atoms with Crippen LogP contribution >= 0.6 is 0 Å². The second kappa shape index (κ2) is 8.69. The first-order valence-electron chi connectivity index (χ1n) is 8.23. The number of rotatable bonds is 7. The minimum atomic E-state index is -4.55. The molecular formula is C18H19F6N3. The minimum absolute atomic E-state index is 0.0536. The fourth-order valence-electron chi connectivity index (χ4n) is 2.67. The Labute approximate surface area is 153 Å². The van der Waals surface area contributed by atoms with E-state index >= 15 is 0 Å². The number of hydrogen-bond acceptors (Lipinski definition) is 3. The lowest BCUT2D eigenvalue weighted by Crippen LogP contribution is -2.36. The van der Waals surface area contributed by atoms with Crippen LogP contribution < -0.4 is 0 Å². The van der Waals surface area contributed by atoms with Crippen LogP contribution in [0.1, 0.15) is 29.8 Å². The van der Waals surface area contributed by atoms with Gasteiger partial charge in [-0.2, -0.15) is 26.3 Å². The van der Waals surface area contributed by atoms with Crippen LogP contribution in [0.25, 0.3) is 0 Å². The molecule has 27 heavy (non-hydrogen) atoms. The summed E-state index contributed by atoms with van der Waals surface area (Å²) in [5.74, 6) is 0.0864.